The Kier molecular flexibility index (Phi) is 6.05. The van der Waals surface area contributed by atoms with Gasteiger partial charge in [0.15, 0.2) is 0 Å². The van der Waals surface area contributed by atoms with Gasteiger partial charge < -0.3 is 9.47 Å². The van der Waals surface area contributed by atoms with Crippen molar-refractivity contribution in [1.82, 2.24) is 4.57 Å². The highest BCUT2D eigenvalue weighted by Gasteiger charge is 2.20. The molecule has 0 atom stereocenters. The Morgan fingerprint density at radius 2 is 1.07 bits per heavy atom. The summed E-state index contributed by atoms with van der Waals surface area (Å²) in [6, 6.07) is 59.0. The first-order chi connectivity index (χ1) is 21.3. The van der Waals surface area contributed by atoms with Gasteiger partial charge in [-0.15, -0.1) is 0 Å². The van der Waals surface area contributed by atoms with Crippen molar-refractivity contribution in [2.75, 3.05) is 4.90 Å². The minimum Gasteiger partial charge on any atom is -0.343 e. The van der Waals surface area contributed by atoms with Crippen molar-refractivity contribution in [3.63, 3.8) is 0 Å². The molecule has 8 rings (SSSR count). The van der Waals surface area contributed by atoms with Crippen LogP contribution in [0.5, 0.6) is 0 Å². The predicted molar refractivity (Wildman–Crippen MR) is 183 cm³/mol. The van der Waals surface area contributed by atoms with Crippen molar-refractivity contribution >= 4 is 49.5 Å². The molecule has 43 heavy (non-hydrogen) atoms. The van der Waals surface area contributed by atoms with E-state index in [0.717, 1.165) is 17.1 Å². The topological polar surface area (TPSA) is 8.17 Å². The molecular weight excluding hydrogens is 520 g/mol. The minimum atomic E-state index is 1.12. The molecule has 204 valence electrons. The van der Waals surface area contributed by atoms with Crippen LogP contribution >= 0.6 is 0 Å². The molecule has 1 aromatic heterocycles. The first-order valence-electron chi connectivity index (χ1n) is 14.8. The van der Waals surface area contributed by atoms with E-state index in [0.29, 0.717) is 0 Å². The molecule has 0 amide bonds. The number of rotatable bonds is 5. The maximum atomic E-state index is 2.39. The lowest BCUT2D eigenvalue weighted by molar-refractivity contribution is 0.979. The molecule has 0 saturated carbocycles. The lowest BCUT2D eigenvalue weighted by Gasteiger charge is -2.27. The molecule has 0 spiro atoms. The standard InChI is InChI=1S/C41H30N2/c1-42-38-20-10-9-19-37(38)40(31-14-3-2-4-15-31)41(42)32-23-25-34(26-24-32)43(35-27-22-29-12-5-6-16-33(29)28-35)39-21-11-17-30-13-7-8-18-36(30)39/h2-28H,1H3. The van der Waals surface area contributed by atoms with Crippen LogP contribution in [0.2, 0.25) is 0 Å². The van der Waals surface area contributed by atoms with Crippen LogP contribution in [0.3, 0.4) is 0 Å². The van der Waals surface area contributed by atoms with E-state index in [1.807, 2.05) is 0 Å². The second-order valence-electron chi connectivity index (χ2n) is 11.1. The van der Waals surface area contributed by atoms with E-state index in [1.165, 1.54) is 54.8 Å². The minimum absolute atomic E-state index is 1.12. The number of aryl methyl sites for hydroxylation is 1. The van der Waals surface area contributed by atoms with E-state index in [1.54, 1.807) is 0 Å². The van der Waals surface area contributed by atoms with Crippen LogP contribution in [0.25, 0.3) is 54.8 Å². The zero-order valence-electron chi connectivity index (χ0n) is 24.0. The third kappa shape index (κ3) is 4.27. The van der Waals surface area contributed by atoms with Crippen molar-refractivity contribution in [2.45, 2.75) is 0 Å². The van der Waals surface area contributed by atoms with Crippen LogP contribution in [0, 0.1) is 0 Å². The zero-order chi connectivity index (χ0) is 28.8. The van der Waals surface area contributed by atoms with Gasteiger partial charge in [-0.25, -0.2) is 0 Å². The average Bonchev–Trinajstić information content (AvgIpc) is 3.37. The summed E-state index contributed by atoms with van der Waals surface area (Å²) in [6.45, 7) is 0. The van der Waals surface area contributed by atoms with Crippen molar-refractivity contribution < 1.29 is 0 Å². The Bertz CT molecular complexity index is 2240. The molecule has 2 heteroatoms. The number of para-hydroxylation sites is 1. The molecule has 0 bridgehead atoms. The van der Waals surface area contributed by atoms with Crippen LogP contribution in [0.4, 0.5) is 17.1 Å². The van der Waals surface area contributed by atoms with Crippen molar-refractivity contribution in [2.24, 2.45) is 7.05 Å². The van der Waals surface area contributed by atoms with Gasteiger partial charge in [-0.3, -0.25) is 0 Å². The van der Waals surface area contributed by atoms with E-state index in [9.17, 15) is 0 Å². The number of anilines is 3. The lowest BCUT2D eigenvalue weighted by atomic mass is 9.98. The van der Waals surface area contributed by atoms with Gasteiger partial charge in [0.2, 0.25) is 0 Å². The molecular formula is C41H30N2. The fourth-order valence-corrected chi connectivity index (χ4v) is 6.54. The maximum absolute atomic E-state index is 2.39. The molecule has 0 aliphatic heterocycles. The third-order valence-corrected chi connectivity index (χ3v) is 8.57. The molecule has 0 fully saturated rings. The van der Waals surface area contributed by atoms with E-state index in [2.05, 4.69) is 180 Å². The fourth-order valence-electron chi connectivity index (χ4n) is 6.54. The second-order valence-corrected chi connectivity index (χ2v) is 11.1. The van der Waals surface area contributed by atoms with Gasteiger partial charge in [0.1, 0.15) is 0 Å². The molecule has 0 aliphatic carbocycles. The van der Waals surface area contributed by atoms with Crippen molar-refractivity contribution in [1.29, 1.82) is 0 Å². The van der Waals surface area contributed by atoms with E-state index in [-0.39, 0.29) is 0 Å². The fraction of sp³-hybridized carbons (Fsp3) is 0.0244. The van der Waals surface area contributed by atoms with Gasteiger partial charge in [0, 0.05) is 40.3 Å². The number of nitrogens with zero attached hydrogens (tertiary/aromatic N) is 2. The SMILES string of the molecule is Cn1c(-c2ccc(N(c3ccc4ccccc4c3)c3cccc4ccccc34)cc2)c(-c2ccccc2)c2ccccc21. The molecule has 0 N–H and O–H groups in total. The molecule has 0 radical (unpaired) electrons. The van der Waals surface area contributed by atoms with Gasteiger partial charge in [-0.05, 0) is 63.7 Å². The van der Waals surface area contributed by atoms with Gasteiger partial charge >= 0.3 is 0 Å². The molecule has 0 saturated heterocycles. The molecule has 7 aromatic carbocycles. The largest absolute Gasteiger partial charge is 0.343 e. The molecule has 1 heterocycles. The normalized spacial score (nSPS) is 11.4. The average molecular weight is 551 g/mol. The van der Waals surface area contributed by atoms with Crippen LogP contribution in [0.1, 0.15) is 0 Å². The number of benzene rings is 7. The first-order valence-corrected chi connectivity index (χ1v) is 14.8. The van der Waals surface area contributed by atoms with Crippen LogP contribution in [0.15, 0.2) is 164 Å². The summed E-state index contributed by atoms with van der Waals surface area (Å²) in [5.74, 6) is 0. The van der Waals surface area contributed by atoms with E-state index < -0.39 is 0 Å². The monoisotopic (exact) mass is 550 g/mol. The van der Waals surface area contributed by atoms with Crippen LogP contribution < -0.4 is 4.90 Å². The molecule has 0 unspecified atom stereocenters. The summed E-state index contributed by atoms with van der Waals surface area (Å²) in [4.78, 5) is 2.39. The van der Waals surface area contributed by atoms with E-state index in [4.69, 9.17) is 0 Å². The van der Waals surface area contributed by atoms with E-state index >= 15 is 0 Å². The van der Waals surface area contributed by atoms with Gasteiger partial charge in [-0.2, -0.15) is 0 Å². The Hall–Kier alpha value is -5.60. The molecule has 2 nitrogen and oxygen atoms in total. The predicted octanol–water partition coefficient (Wildman–Crippen LogP) is 11.3. The molecule has 0 aliphatic rings. The smallest absolute Gasteiger partial charge is 0.0568 e. The quantitative estimate of drug-likeness (QED) is 0.207. The van der Waals surface area contributed by atoms with Gasteiger partial charge in [0.05, 0.1) is 11.4 Å². The zero-order valence-corrected chi connectivity index (χ0v) is 24.0. The molecule has 8 aromatic rings. The van der Waals surface area contributed by atoms with Crippen molar-refractivity contribution in [3.05, 3.63) is 164 Å². The summed E-state index contributed by atoms with van der Waals surface area (Å²) in [5, 5.41) is 6.19. The highest BCUT2D eigenvalue weighted by Crippen LogP contribution is 2.43. The summed E-state index contributed by atoms with van der Waals surface area (Å²) < 4.78 is 2.33. The highest BCUT2D eigenvalue weighted by molar-refractivity contribution is 6.05. The summed E-state index contributed by atoms with van der Waals surface area (Å²) in [7, 11) is 2.18. The van der Waals surface area contributed by atoms with Gasteiger partial charge in [-0.1, -0.05) is 127 Å². The summed E-state index contributed by atoms with van der Waals surface area (Å²) in [6.07, 6.45) is 0. The van der Waals surface area contributed by atoms with Crippen molar-refractivity contribution in [3.8, 4) is 22.4 Å². The maximum Gasteiger partial charge on any atom is 0.0568 e. The number of hydrogen-bond acceptors (Lipinski definition) is 1. The number of aromatic nitrogens is 1. The Labute approximate surface area is 251 Å². The number of fused-ring (bicyclic) bond motifs is 3. The Balaban J connectivity index is 1.32. The van der Waals surface area contributed by atoms with Crippen LogP contribution in [-0.4, -0.2) is 4.57 Å². The lowest BCUT2D eigenvalue weighted by Crippen LogP contribution is -2.10. The summed E-state index contributed by atoms with van der Waals surface area (Å²) in [5.41, 5.74) is 9.57. The summed E-state index contributed by atoms with van der Waals surface area (Å²) >= 11 is 0. The Morgan fingerprint density at radius 3 is 1.88 bits per heavy atom. The van der Waals surface area contributed by atoms with Gasteiger partial charge in [0.25, 0.3) is 0 Å². The first kappa shape index (κ1) is 25.1. The Morgan fingerprint density at radius 1 is 0.442 bits per heavy atom. The van der Waals surface area contributed by atoms with Crippen LogP contribution in [-0.2, 0) is 7.05 Å². The highest BCUT2D eigenvalue weighted by atomic mass is 15.1. The number of hydrogen-bond donors (Lipinski definition) is 0. The second kappa shape index (κ2) is 10.3. The third-order valence-electron chi connectivity index (χ3n) is 8.57.